The average molecular weight is 313 g/mol. The number of nitrogens with one attached hydrogen (secondary N) is 2. The predicted molar refractivity (Wildman–Crippen MR) is 73.4 cm³/mol. The lowest BCUT2D eigenvalue weighted by atomic mass is 10.1. The van der Waals surface area contributed by atoms with Gasteiger partial charge in [0.1, 0.15) is 0 Å². The zero-order valence-electron chi connectivity index (χ0n) is 11.1. The Morgan fingerprint density at radius 1 is 1.29 bits per heavy atom. The largest absolute Gasteiger partial charge is 0.382 e. The summed E-state index contributed by atoms with van der Waals surface area (Å²) >= 11 is 0. The van der Waals surface area contributed by atoms with Crippen molar-refractivity contribution in [1.82, 2.24) is 20.8 Å². The normalized spacial score (nSPS) is 19.9. The van der Waals surface area contributed by atoms with Crippen LogP contribution >= 0.6 is 0 Å². The van der Waals surface area contributed by atoms with Crippen LogP contribution in [0.15, 0.2) is 12.4 Å². The summed E-state index contributed by atoms with van der Waals surface area (Å²) in [5.41, 5.74) is 9.75. The van der Waals surface area contributed by atoms with E-state index in [0.29, 0.717) is 6.42 Å². The molecular formula is C11H15N5O4S. The monoisotopic (exact) mass is 313 g/mol. The molecule has 10 heteroatoms. The molecule has 0 aliphatic carbocycles. The van der Waals surface area contributed by atoms with Crippen molar-refractivity contribution in [3.8, 4) is 0 Å². The fourth-order valence-electron chi connectivity index (χ4n) is 2.06. The molecule has 9 nitrogen and oxygen atoms in total. The van der Waals surface area contributed by atoms with Gasteiger partial charge in [-0.05, 0) is 12.3 Å². The lowest BCUT2D eigenvalue weighted by molar-refractivity contribution is -0.122. The van der Waals surface area contributed by atoms with E-state index in [1.807, 2.05) is 0 Å². The first kappa shape index (κ1) is 15.2. The SMILES string of the molecule is Nc1nccnc1C(=O)NNC(=O)C[C@H]1CCS(=O)(=O)C1. The fraction of sp³-hybridized carbons (Fsp3) is 0.455. The van der Waals surface area contributed by atoms with Gasteiger partial charge in [0, 0.05) is 18.8 Å². The van der Waals surface area contributed by atoms with E-state index >= 15 is 0 Å². The summed E-state index contributed by atoms with van der Waals surface area (Å²) in [4.78, 5) is 30.8. The number of carbonyl (C=O) groups is 2. The highest BCUT2D eigenvalue weighted by Crippen LogP contribution is 2.21. The first-order valence-electron chi connectivity index (χ1n) is 6.23. The minimum atomic E-state index is -3.02. The predicted octanol–water partition coefficient (Wildman–Crippen LogP) is -1.36. The van der Waals surface area contributed by atoms with Crippen molar-refractivity contribution in [2.75, 3.05) is 17.2 Å². The molecule has 1 aliphatic rings. The number of hydrogen-bond donors (Lipinski definition) is 3. The van der Waals surface area contributed by atoms with E-state index in [1.165, 1.54) is 12.4 Å². The third-order valence-electron chi connectivity index (χ3n) is 3.06. The van der Waals surface area contributed by atoms with Crippen molar-refractivity contribution in [2.24, 2.45) is 5.92 Å². The minimum absolute atomic E-state index is 0.00543. The maximum Gasteiger partial charge on any atom is 0.292 e. The number of amides is 2. The molecule has 1 saturated heterocycles. The first-order valence-corrected chi connectivity index (χ1v) is 8.05. The van der Waals surface area contributed by atoms with Gasteiger partial charge in [0.05, 0.1) is 11.5 Å². The maximum atomic E-state index is 11.7. The molecule has 1 aliphatic heterocycles. The lowest BCUT2D eigenvalue weighted by Crippen LogP contribution is -2.42. The van der Waals surface area contributed by atoms with Crippen LogP contribution in [0.5, 0.6) is 0 Å². The van der Waals surface area contributed by atoms with Crippen LogP contribution in [-0.4, -0.2) is 41.7 Å². The van der Waals surface area contributed by atoms with Gasteiger partial charge in [0.2, 0.25) is 5.91 Å². The van der Waals surface area contributed by atoms with E-state index in [0.717, 1.165) is 0 Å². The fourth-order valence-corrected chi connectivity index (χ4v) is 3.92. The lowest BCUT2D eigenvalue weighted by Gasteiger charge is -2.10. The molecule has 1 aromatic rings. The Morgan fingerprint density at radius 3 is 2.62 bits per heavy atom. The third kappa shape index (κ3) is 4.12. The molecule has 21 heavy (non-hydrogen) atoms. The summed E-state index contributed by atoms with van der Waals surface area (Å²) in [5.74, 6) is -1.31. The minimum Gasteiger partial charge on any atom is -0.382 e. The first-order chi connectivity index (χ1) is 9.87. The van der Waals surface area contributed by atoms with Gasteiger partial charge in [0.25, 0.3) is 5.91 Å². The molecule has 0 saturated carbocycles. The highest BCUT2D eigenvalue weighted by molar-refractivity contribution is 7.91. The van der Waals surface area contributed by atoms with Crippen LogP contribution in [0.3, 0.4) is 0 Å². The third-order valence-corrected chi connectivity index (χ3v) is 4.89. The zero-order valence-corrected chi connectivity index (χ0v) is 11.9. The molecule has 0 unspecified atom stereocenters. The molecule has 0 spiro atoms. The number of nitrogens with two attached hydrogens (primary N) is 1. The Morgan fingerprint density at radius 2 is 2.00 bits per heavy atom. The molecule has 0 aromatic carbocycles. The van der Waals surface area contributed by atoms with Crippen molar-refractivity contribution in [3.63, 3.8) is 0 Å². The van der Waals surface area contributed by atoms with E-state index in [9.17, 15) is 18.0 Å². The Hall–Kier alpha value is -2.23. The van der Waals surface area contributed by atoms with Crippen LogP contribution < -0.4 is 16.6 Å². The van der Waals surface area contributed by atoms with Crippen LogP contribution in [-0.2, 0) is 14.6 Å². The summed E-state index contributed by atoms with van der Waals surface area (Å²) in [6.45, 7) is 0. The molecule has 0 radical (unpaired) electrons. The summed E-state index contributed by atoms with van der Waals surface area (Å²) < 4.78 is 22.6. The quantitative estimate of drug-likeness (QED) is 0.585. The van der Waals surface area contributed by atoms with Gasteiger partial charge in [-0.1, -0.05) is 0 Å². The van der Waals surface area contributed by atoms with Gasteiger partial charge in [-0.3, -0.25) is 20.4 Å². The van der Waals surface area contributed by atoms with Crippen LogP contribution in [0.2, 0.25) is 0 Å². The van der Waals surface area contributed by atoms with Crippen LogP contribution in [0.4, 0.5) is 5.82 Å². The van der Waals surface area contributed by atoms with Gasteiger partial charge < -0.3 is 5.73 Å². The van der Waals surface area contributed by atoms with Crippen molar-refractivity contribution in [3.05, 3.63) is 18.1 Å². The number of nitrogen functional groups attached to an aromatic ring is 1. The number of sulfone groups is 1. The van der Waals surface area contributed by atoms with E-state index in [1.54, 1.807) is 0 Å². The second kappa shape index (κ2) is 6.04. The number of carbonyl (C=O) groups excluding carboxylic acids is 2. The van der Waals surface area contributed by atoms with Crippen LogP contribution in [0.1, 0.15) is 23.3 Å². The smallest absolute Gasteiger partial charge is 0.292 e. The maximum absolute atomic E-state index is 11.7. The molecule has 2 heterocycles. The van der Waals surface area contributed by atoms with Crippen molar-refractivity contribution >= 4 is 27.5 Å². The highest BCUT2D eigenvalue weighted by atomic mass is 32.2. The summed E-state index contributed by atoms with van der Waals surface area (Å²) in [6, 6.07) is 0. The van der Waals surface area contributed by atoms with E-state index in [-0.39, 0.29) is 35.4 Å². The van der Waals surface area contributed by atoms with Gasteiger partial charge in [-0.2, -0.15) is 0 Å². The standard InChI is InChI=1S/C11H15N5O4S/c12-10-9(13-2-3-14-10)11(18)16-15-8(17)5-7-1-4-21(19,20)6-7/h2-3,7H,1,4-6H2,(H2,12,14)(H,15,17)(H,16,18)/t7-/m1/s1. The Balaban J connectivity index is 1.82. The molecule has 2 amide bonds. The number of hydrazine groups is 1. The van der Waals surface area contributed by atoms with E-state index in [4.69, 9.17) is 5.73 Å². The number of aromatic nitrogens is 2. The Bertz CT molecular complexity index is 660. The Kier molecular flexibility index (Phi) is 4.36. The van der Waals surface area contributed by atoms with Gasteiger partial charge in [0.15, 0.2) is 21.3 Å². The highest BCUT2D eigenvalue weighted by Gasteiger charge is 2.29. The molecule has 2 rings (SSSR count). The topological polar surface area (TPSA) is 144 Å². The van der Waals surface area contributed by atoms with E-state index in [2.05, 4.69) is 20.8 Å². The van der Waals surface area contributed by atoms with Crippen molar-refractivity contribution < 1.29 is 18.0 Å². The van der Waals surface area contributed by atoms with Gasteiger partial charge in [-0.25, -0.2) is 18.4 Å². The van der Waals surface area contributed by atoms with Gasteiger partial charge >= 0.3 is 0 Å². The molecule has 114 valence electrons. The number of nitrogens with zero attached hydrogens (tertiary/aromatic N) is 2. The van der Waals surface area contributed by atoms with Crippen LogP contribution in [0, 0.1) is 5.92 Å². The van der Waals surface area contributed by atoms with Gasteiger partial charge in [-0.15, -0.1) is 0 Å². The second-order valence-electron chi connectivity index (χ2n) is 4.77. The summed E-state index contributed by atoms with van der Waals surface area (Å²) in [5, 5.41) is 0. The molecule has 0 bridgehead atoms. The molecule has 1 fully saturated rings. The molecule has 4 N–H and O–H groups in total. The Labute approximate surface area is 121 Å². The van der Waals surface area contributed by atoms with Crippen LogP contribution in [0.25, 0.3) is 0 Å². The zero-order chi connectivity index (χ0) is 15.5. The summed E-state index contributed by atoms with van der Waals surface area (Å²) in [7, 11) is -3.02. The number of rotatable bonds is 3. The second-order valence-corrected chi connectivity index (χ2v) is 6.99. The molecule has 1 atom stereocenters. The number of hydrogen-bond acceptors (Lipinski definition) is 7. The van der Waals surface area contributed by atoms with Crippen molar-refractivity contribution in [2.45, 2.75) is 12.8 Å². The number of anilines is 1. The van der Waals surface area contributed by atoms with E-state index < -0.39 is 21.7 Å². The molecular weight excluding hydrogens is 298 g/mol. The molecule has 1 aromatic heterocycles. The van der Waals surface area contributed by atoms with Crippen molar-refractivity contribution in [1.29, 1.82) is 0 Å². The average Bonchev–Trinajstić information content (AvgIpc) is 2.75. The summed E-state index contributed by atoms with van der Waals surface area (Å²) in [6.07, 6.45) is 3.14.